The van der Waals surface area contributed by atoms with Crippen molar-refractivity contribution in [3.05, 3.63) is 106 Å². The van der Waals surface area contributed by atoms with Crippen LogP contribution in [0, 0.1) is 13.8 Å². The van der Waals surface area contributed by atoms with E-state index in [0.29, 0.717) is 23.1 Å². The lowest BCUT2D eigenvalue weighted by Crippen LogP contribution is -2.33. The molecule has 2 aromatic heterocycles. The van der Waals surface area contributed by atoms with Gasteiger partial charge >= 0.3 is 0 Å². The summed E-state index contributed by atoms with van der Waals surface area (Å²) >= 11 is 9.43. The van der Waals surface area contributed by atoms with Crippen LogP contribution >= 0.6 is 28.1 Å². The Labute approximate surface area is 242 Å². The van der Waals surface area contributed by atoms with Crippen LogP contribution < -0.4 is 15.4 Å². The molecule has 1 saturated heterocycles. The largest absolute Gasteiger partial charge is 0.495 e. The third kappa shape index (κ3) is 5.55. The van der Waals surface area contributed by atoms with Gasteiger partial charge in [-0.2, -0.15) is 0 Å². The number of nitrogens with one attached hydrogen (secondary N) is 2. The summed E-state index contributed by atoms with van der Waals surface area (Å²) in [7, 11) is 1.59. The third-order valence-corrected chi connectivity index (χ3v) is 7.86. The first-order chi connectivity index (χ1) is 18.9. The molecule has 5 rings (SSSR count). The molecule has 0 saturated carbocycles. The molecular weight excluding hydrogens is 574 g/mol. The molecule has 0 bridgehead atoms. The topological polar surface area (TPSA) is 71.4 Å². The normalized spacial score (nSPS) is 16.7. The first-order valence-corrected chi connectivity index (χ1v) is 13.9. The lowest BCUT2D eigenvalue weighted by molar-refractivity contribution is -0.116. The number of ether oxygens (including phenoxy) is 1. The van der Waals surface area contributed by atoms with Crippen LogP contribution in [0.25, 0.3) is 5.69 Å². The minimum Gasteiger partial charge on any atom is -0.495 e. The lowest BCUT2D eigenvalue weighted by atomic mass is 9.96. The number of amides is 1. The van der Waals surface area contributed by atoms with Crippen molar-refractivity contribution in [3.8, 4) is 11.4 Å². The van der Waals surface area contributed by atoms with E-state index in [-0.39, 0.29) is 24.4 Å². The average molecular weight is 605 g/mol. The summed E-state index contributed by atoms with van der Waals surface area (Å²) in [5.74, 6) is 0.513. The fraction of sp³-hybridized carbons (Fsp3) is 0.233. The number of benzene rings is 2. The second-order valence-electron chi connectivity index (χ2n) is 9.46. The number of aryl methyl sites for hydroxylation is 1. The quantitative estimate of drug-likeness (QED) is 0.232. The summed E-state index contributed by atoms with van der Waals surface area (Å²) in [5.41, 5.74) is 6.00. The minimum atomic E-state index is -0.160. The smallest absolute Gasteiger partial charge is 0.226 e. The van der Waals surface area contributed by atoms with Crippen molar-refractivity contribution >= 4 is 44.9 Å². The molecule has 2 aromatic carbocycles. The monoisotopic (exact) mass is 603 g/mol. The summed E-state index contributed by atoms with van der Waals surface area (Å²) in [4.78, 5) is 19.8. The van der Waals surface area contributed by atoms with E-state index in [1.54, 1.807) is 13.3 Å². The molecule has 4 aromatic rings. The van der Waals surface area contributed by atoms with Gasteiger partial charge in [-0.1, -0.05) is 40.2 Å². The molecule has 0 spiro atoms. The molecule has 200 valence electrons. The van der Waals surface area contributed by atoms with E-state index in [1.165, 1.54) is 0 Å². The van der Waals surface area contributed by atoms with Gasteiger partial charge < -0.3 is 24.8 Å². The first kappa shape index (κ1) is 26.9. The number of hydrogen-bond acceptors (Lipinski definition) is 4. The highest BCUT2D eigenvalue weighted by Gasteiger charge is 2.41. The molecule has 1 aliphatic heterocycles. The Balaban J connectivity index is 1.47. The fourth-order valence-corrected chi connectivity index (χ4v) is 5.99. The number of para-hydroxylation sites is 2. The summed E-state index contributed by atoms with van der Waals surface area (Å²) in [6.07, 6.45) is 2.06. The van der Waals surface area contributed by atoms with Crippen molar-refractivity contribution in [2.24, 2.45) is 0 Å². The number of thiocarbonyl (C=S) groups is 1. The average Bonchev–Trinajstić information content (AvgIpc) is 3.42. The maximum absolute atomic E-state index is 13.0. The first-order valence-electron chi connectivity index (χ1n) is 12.7. The van der Waals surface area contributed by atoms with E-state index in [1.807, 2.05) is 54.6 Å². The van der Waals surface area contributed by atoms with Gasteiger partial charge in [-0.3, -0.25) is 9.78 Å². The number of carbonyl (C=O) groups is 1. The van der Waals surface area contributed by atoms with Gasteiger partial charge in [0.15, 0.2) is 5.11 Å². The summed E-state index contributed by atoms with van der Waals surface area (Å²) in [6, 6.07) is 23.5. The zero-order valence-corrected chi connectivity index (χ0v) is 24.4. The van der Waals surface area contributed by atoms with E-state index in [0.717, 1.165) is 32.8 Å². The van der Waals surface area contributed by atoms with Crippen molar-refractivity contribution in [2.75, 3.05) is 19.0 Å². The van der Waals surface area contributed by atoms with Crippen LogP contribution in [0.15, 0.2) is 83.5 Å². The molecule has 2 atom stereocenters. The second-order valence-corrected chi connectivity index (χ2v) is 10.8. The molecule has 39 heavy (non-hydrogen) atoms. The number of methoxy groups -OCH3 is 1. The van der Waals surface area contributed by atoms with E-state index >= 15 is 0 Å². The number of aromatic nitrogens is 2. The zero-order valence-electron chi connectivity index (χ0n) is 22.0. The number of rotatable bonds is 8. The molecule has 3 heterocycles. The van der Waals surface area contributed by atoms with Crippen LogP contribution in [0.2, 0.25) is 0 Å². The number of pyridine rings is 1. The molecule has 2 N–H and O–H groups in total. The number of anilines is 1. The van der Waals surface area contributed by atoms with Gasteiger partial charge in [-0.15, -0.1) is 0 Å². The Morgan fingerprint density at radius 2 is 1.90 bits per heavy atom. The van der Waals surface area contributed by atoms with Crippen LogP contribution in [0.1, 0.15) is 41.1 Å². The zero-order chi connectivity index (χ0) is 27.5. The number of nitrogens with zero attached hydrogens (tertiary/aromatic N) is 3. The van der Waals surface area contributed by atoms with E-state index < -0.39 is 0 Å². The molecule has 0 radical (unpaired) electrons. The van der Waals surface area contributed by atoms with Crippen LogP contribution in [-0.4, -0.2) is 39.1 Å². The van der Waals surface area contributed by atoms with Crippen LogP contribution in [0.5, 0.6) is 5.75 Å². The molecule has 0 unspecified atom stereocenters. The van der Waals surface area contributed by atoms with Crippen LogP contribution in [0.3, 0.4) is 0 Å². The SMILES string of the molecule is COc1ccccc1NC(=O)CCN1C(=S)N[C@H](c2ccccn2)[C@@H]1c1cc(C)n(-c2cccc(Br)c2)c1C. The standard InChI is InChI=1S/C30H30BrN5O2S/c1-19-17-23(20(2)36(19)22-10-8-9-21(31)18-22)29-28(25-12-6-7-15-32-25)34-30(39)35(29)16-14-27(37)33-24-11-4-5-13-26(24)38-3/h4-13,15,17-18,28-29H,14,16H2,1-3H3,(H,33,37)(H,34,39)/t28-,29+/m1/s1. The number of carbonyl (C=O) groups excluding carboxylic acids is 1. The number of halogens is 1. The van der Waals surface area contributed by atoms with Gasteiger partial charge in [0, 0.05) is 40.7 Å². The third-order valence-electron chi connectivity index (χ3n) is 7.01. The molecule has 9 heteroatoms. The Hall–Kier alpha value is -3.69. The van der Waals surface area contributed by atoms with E-state index in [4.69, 9.17) is 17.0 Å². The van der Waals surface area contributed by atoms with Gasteiger partial charge in [0.1, 0.15) is 5.75 Å². The highest BCUT2D eigenvalue weighted by Crippen LogP contribution is 2.41. The molecule has 1 fully saturated rings. The minimum absolute atomic E-state index is 0.109. The molecule has 1 amide bonds. The second kappa shape index (κ2) is 11.6. The predicted molar refractivity (Wildman–Crippen MR) is 161 cm³/mol. The highest BCUT2D eigenvalue weighted by molar-refractivity contribution is 9.10. The van der Waals surface area contributed by atoms with Gasteiger partial charge in [-0.25, -0.2) is 0 Å². The molecule has 1 aliphatic rings. The Morgan fingerprint density at radius 1 is 1.10 bits per heavy atom. The van der Waals surface area contributed by atoms with Crippen molar-refractivity contribution < 1.29 is 9.53 Å². The van der Waals surface area contributed by atoms with E-state index in [9.17, 15) is 4.79 Å². The van der Waals surface area contributed by atoms with Gasteiger partial charge in [0.2, 0.25) is 5.91 Å². The van der Waals surface area contributed by atoms with Crippen molar-refractivity contribution in [2.45, 2.75) is 32.4 Å². The molecular formula is C30H30BrN5O2S. The predicted octanol–water partition coefficient (Wildman–Crippen LogP) is 6.26. The molecule has 0 aliphatic carbocycles. The summed E-state index contributed by atoms with van der Waals surface area (Å²) in [5, 5.41) is 7.07. The van der Waals surface area contributed by atoms with Gasteiger partial charge in [-0.05, 0) is 80.2 Å². The van der Waals surface area contributed by atoms with Crippen molar-refractivity contribution in [1.29, 1.82) is 0 Å². The van der Waals surface area contributed by atoms with Gasteiger partial charge in [0.05, 0.1) is 30.6 Å². The van der Waals surface area contributed by atoms with Gasteiger partial charge in [0.25, 0.3) is 0 Å². The fourth-order valence-electron chi connectivity index (χ4n) is 5.27. The van der Waals surface area contributed by atoms with E-state index in [2.05, 4.69) is 73.1 Å². The molecule has 7 nitrogen and oxygen atoms in total. The van der Waals surface area contributed by atoms with Crippen molar-refractivity contribution in [3.63, 3.8) is 0 Å². The highest BCUT2D eigenvalue weighted by atomic mass is 79.9. The lowest BCUT2D eigenvalue weighted by Gasteiger charge is -2.28. The Bertz CT molecular complexity index is 1510. The van der Waals surface area contributed by atoms with Crippen LogP contribution in [-0.2, 0) is 4.79 Å². The van der Waals surface area contributed by atoms with Crippen molar-refractivity contribution in [1.82, 2.24) is 19.8 Å². The Morgan fingerprint density at radius 3 is 2.64 bits per heavy atom. The maximum Gasteiger partial charge on any atom is 0.226 e. The Kier molecular flexibility index (Phi) is 7.99. The maximum atomic E-state index is 13.0. The van der Waals surface area contributed by atoms with Crippen LogP contribution in [0.4, 0.5) is 5.69 Å². The summed E-state index contributed by atoms with van der Waals surface area (Å²) in [6.45, 7) is 4.69. The number of hydrogen-bond donors (Lipinski definition) is 2. The summed E-state index contributed by atoms with van der Waals surface area (Å²) < 4.78 is 8.66.